The van der Waals surface area contributed by atoms with Crippen LogP contribution in [-0.4, -0.2) is 30.3 Å². The summed E-state index contributed by atoms with van der Waals surface area (Å²) in [4.78, 5) is 35.8. The summed E-state index contributed by atoms with van der Waals surface area (Å²) in [6.45, 7) is 4.04. The number of hydrogen-bond acceptors (Lipinski definition) is 4. The van der Waals surface area contributed by atoms with Gasteiger partial charge in [0.1, 0.15) is 0 Å². The minimum atomic E-state index is -0.549. The van der Waals surface area contributed by atoms with Gasteiger partial charge in [-0.1, -0.05) is 38.3 Å². The van der Waals surface area contributed by atoms with Gasteiger partial charge in [0.25, 0.3) is 5.91 Å². The number of hydrogen-bond donors (Lipinski definition) is 1. The fourth-order valence-electron chi connectivity index (χ4n) is 3.25. The van der Waals surface area contributed by atoms with E-state index in [0.717, 1.165) is 12.8 Å². The highest BCUT2D eigenvalue weighted by atomic mass is 35.5. The Balaban J connectivity index is 1.68. The van der Waals surface area contributed by atoms with Crippen molar-refractivity contribution >= 4 is 29.3 Å². The lowest BCUT2D eigenvalue weighted by molar-refractivity contribution is -0.148. The third-order valence-electron chi connectivity index (χ3n) is 5.14. The largest absolute Gasteiger partial charge is 0.456 e. The molecule has 142 valence electrons. The van der Waals surface area contributed by atoms with E-state index in [9.17, 15) is 14.4 Å². The number of benzene rings is 1. The Morgan fingerprint density at radius 3 is 2.50 bits per heavy atom. The summed E-state index contributed by atoms with van der Waals surface area (Å²) in [7, 11) is 0. The molecule has 3 atom stereocenters. The molecule has 1 N–H and O–H groups in total. The summed E-state index contributed by atoms with van der Waals surface area (Å²) < 4.78 is 4.99. The lowest BCUT2D eigenvalue weighted by Gasteiger charge is -2.34. The molecule has 0 spiro atoms. The van der Waals surface area contributed by atoms with Gasteiger partial charge in [0.15, 0.2) is 12.4 Å². The van der Waals surface area contributed by atoms with Gasteiger partial charge in [-0.25, -0.2) is 0 Å². The second kappa shape index (κ2) is 9.72. The van der Waals surface area contributed by atoms with Crippen LogP contribution in [-0.2, 0) is 14.3 Å². The number of rotatable bonds is 7. The van der Waals surface area contributed by atoms with Crippen LogP contribution in [0.15, 0.2) is 24.3 Å². The van der Waals surface area contributed by atoms with E-state index in [-0.39, 0.29) is 37.2 Å². The minimum Gasteiger partial charge on any atom is -0.456 e. The number of esters is 1. The highest BCUT2D eigenvalue weighted by molar-refractivity contribution is 6.30. The quantitative estimate of drug-likeness (QED) is 0.578. The minimum absolute atomic E-state index is 0.0409. The number of halogens is 1. The summed E-state index contributed by atoms with van der Waals surface area (Å²) >= 11 is 5.78. The molecule has 1 aromatic rings. The van der Waals surface area contributed by atoms with E-state index in [1.54, 1.807) is 24.3 Å². The van der Waals surface area contributed by atoms with Crippen molar-refractivity contribution in [1.29, 1.82) is 0 Å². The highest BCUT2D eigenvalue weighted by Gasteiger charge is 2.28. The summed E-state index contributed by atoms with van der Waals surface area (Å²) in [5, 5.41) is 3.50. The molecule has 1 fully saturated rings. The fraction of sp³-hybridized carbons (Fsp3) is 0.550. The van der Waals surface area contributed by atoms with Gasteiger partial charge in [-0.15, -0.1) is 0 Å². The molecule has 0 saturated heterocycles. The van der Waals surface area contributed by atoms with E-state index in [1.807, 2.05) is 0 Å². The Bertz CT molecular complexity index is 644. The predicted molar refractivity (Wildman–Crippen MR) is 100 cm³/mol. The number of nitrogens with one attached hydrogen (secondary N) is 1. The molecule has 0 unspecified atom stereocenters. The maximum atomic E-state index is 12.0. The molecule has 0 aliphatic heterocycles. The zero-order chi connectivity index (χ0) is 19.1. The molecular weight excluding hydrogens is 354 g/mol. The van der Waals surface area contributed by atoms with Crippen LogP contribution in [0.25, 0.3) is 0 Å². The second-order valence-electron chi connectivity index (χ2n) is 7.03. The average Bonchev–Trinajstić information content (AvgIpc) is 2.62. The molecule has 0 radical (unpaired) electrons. The van der Waals surface area contributed by atoms with Crippen LogP contribution in [0.5, 0.6) is 0 Å². The van der Waals surface area contributed by atoms with Gasteiger partial charge in [0, 0.05) is 23.0 Å². The lowest BCUT2D eigenvalue weighted by Crippen LogP contribution is -2.45. The van der Waals surface area contributed by atoms with Crippen molar-refractivity contribution in [1.82, 2.24) is 5.32 Å². The molecule has 0 heterocycles. The number of ether oxygens (including phenoxy) is 1. The van der Waals surface area contributed by atoms with Crippen LogP contribution in [0.1, 0.15) is 56.3 Å². The Hall–Kier alpha value is -1.88. The molecule has 1 aliphatic carbocycles. The third kappa shape index (κ3) is 6.13. The van der Waals surface area contributed by atoms with Crippen LogP contribution in [0.2, 0.25) is 5.02 Å². The van der Waals surface area contributed by atoms with Crippen molar-refractivity contribution in [3.8, 4) is 0 Å². The lowest BCUT2D eigenvalue weighted by atomic mass is 9.78. The Labute approximate surface area is 159 Å². The zero-order valence-corrected chi connectivity index (χ0v) is 16.1. The van der Waals surface area contributed by atoms with Crippen molar-refractivity contribution in [2.45, 2.75) is 52.0 Å². The molecule has 1 aliphatic rings. The van der Waals surface area contributed by atoms with E-state index >= 15 is 0 Å². The molecule has 1 saturated carbocycles. The molecule has 6 heteroatoms. The summed E-state index contributed by atoms with van der Waals surface area (Å²) in [5.41, 5.74) is 0.500. The topological polar surface area (TPSA) is 72.5 Å². The molecule has 0 aromatic heterocycles. The number of ketones is 1. The molecular formula is C20H26ClNO4. The summed E-state index contributed by atoms with van der Waals surface area (Å²) in [6.07, 6.45) is 3.23. The first-order chi connectivity index (χ1) is 12.4. The summed E-state index contributed by atoms with van der Waals surface area (Å²) in [6, 6.07) is 6.64. The zero-order valence-electron chi connectivity index (χ0n) is 15.3. The van der Waals surface area contributed by atoms with E-state index in [4.69, 9.17) is 16.3 Å². The van der Waals surface area contributed by atoms with Gasteiger partial charge in [0.05, 0.1) is 6.42 Å². The first-order valence-electron chi connectivity index (χ1n) is 9.10. The number of carbonyl (C=O) groups is 3. The number of carbonyl (C=O) groups excluding carboxylic acids is 3. The predicted octanol–water partition coefficient (Wildman–Crippen LogP) is 3.79. The van der Waals surface area contributed by atoms with Gasteiger partial charge in [-0.05, 0) is 42.5 Å². The van der Waals surface area contributed by atoms with Crippen molar-refractivity contribution in [2.24, 2.45) is 11.8 Å². The van der Waals surface area contributed by atoms with Gasteiger partial charge < -0.3 is 10.1 Å². The average molecular weight is 380 g/mol. The third-order valence-corrected chi connectivity index (χ3v) is 5.39. The van der Waals surface area contributed by atoms with E-state index in [1.165, 1.54) is 6.42 Å². The van der Waals surface area contributed by atoms with Crippen LogP contribution in [0, 0.1) is 11.8 Å². The monoisotopic (exact) mass is 379 g/mol. The Morgan fingerprint density at radius 1 is 1.12 bits per heavy atom. The molecule has 0 bridgehead atoms. The molecule has 2 rings (SSSR count). The van der Waals surface area contributed by atoms with Gasteiger partial charge in [-0.2, -0.15) is 0 Å². The second-order valence-corrected chi connectivity index (χ2v) is 7.47. The van der Waals surface area contributed by atoms with Crippen molar-refractivity contribution in [2.75, 3.05) is 6.61 Å². The van der Waals surface area contributed by atoms with Crippen LogP contribution >= 0.6 is 11.6 Å². The van der Waals surface area contributed by atoms with Crippen molar-refractivity contribution < 1.29 is 19.1 Å². The van der Waals surface area contributed by atoms with Crippen molar-refractivity contribution in [3.63, 3.8) is 0 Å². The first kappa shape index (κ1) is 20.4. The molecule has 1 aromatic carbocycles. The number of amides is 1. The smallest absolute Gasteiger partial charge is 0.306 e. The Kier molecular flexibility index (Phi) is 7.64. The van der Waals surface area contributed by atoms with Gasteiger partial charge in [-0.3, -0.25) is 14.4 Å². The first-order valence-corrected chi connectivity index (χ1v) is 9.48. The van der Waals surface area contributed by atoms with Crippen LogP contribution < -0.4 is 5.32 Å². The van der Waals surface area contributed by atoms with Crippen LogP contribution in [0.4, 0.5) is 0 Å². The van der Waals surface area contributed by atoms with Crippen molar-refractivity contribution in [3.05, 3.63) is 34.9 Å². The number of Topliss-reactive ketones (excluding diaryl/α,β-unsaturated/α-hetero) is 1. The van der Waals surface area contributed by atoms with Crippen LogP contribution in [0.3, 0.4) is 0 Å². The SMILES string of the molecule is C[C@@H]1[C@H](C)CCC[C@H]1NC(=O)COC(=O)CCC(=O)c1ccc(Cl)cc1. The van der Waals surface area contributed by atoms with Gasteiger partial charge in [0.2, 0.25) is 0 Å². The Morgan fingerprint density at radius 2 is 1.81 bits per heavy atom. The maximum absolute atomic E-state index is 12.0. The molecule has 1 amide bonds. The fourth-order valence-corrected chi connectivity index (χ4v) is 3.37. The molecule has 5 nitrogen and oxygen atoms in total. The normalized spacial score (nSPS) is 22.5. The van der Waals surface area contributed by atoms with E-state index in [2.05, 4.69) is 19.2 Å². The standard InChI is InChI=1S/C20H26ClNO4/c1-13-4-3-5-17(14(13)2)22-19(24)12-26-20(25)11-10-18(23)15-6-8-16(21)9-7-15/h6-9,13-14,17H,3-5,10-12H2,1-2H3,(H,22,24)/t13-,14-,17-/m1/s1. The van der Waals surface area contributed by atoms with Gasteiger partial charge >= 0.3 is 5.97 Å². The van der Waals surface area contributed by atoms with E-state index < -0.39 is 5.97 Å². The summed E-state index contributed by atoms with van der Waals surface area (Å²) in [5.74, 6) is 0.00446. The maximum Gasteiger partial charge on any atom is 0.306 e. The molecule has 26 heavy (non-hydrogen) atoms. The van der Waals surface area contributed by atoms with E-state index in [0.29, 0.717) is 22.4 Å². The highest BCUT2D eigenvalue weighted by Crippen LogP contribution is 2.29.